The quantitative estimate of drug-likeness (QED) is 0.0486. The van der Waals surface area contributed by atoms with Gasteiger partial charge in [0, 0.05) is 32.5 Å². The second-order valence-corrected chi connectivity index (χ2v) is 17.6. The number of nitrogens with one attached hydrogen (secondary N) is 4. The number of rotatable bonds is 44. The van der Waals surface area contributed by atoms with Crippen LogP contribution in [0.4, 0.5) is 4.79 Å². The number of unbranched alkanes of at least 4 members (excludes halogenated alkanes) is 30. The highest BCUT2D eigenvalue weighted by atomic mass is 16.5. The molecule has 0 bridgehead atoms. The molecule has 0 heterocycles. The Hall–Kier alpha value is -3.10. The second-order valence-electron chi connectivity index (χ2n) is 17.6. The van der Waals surface area contributed by atoms with Crippen LogP contribution in [0.3, 0.4) is 0 Å². The highest BCUT2D eigenvalue weighted by Crippen LogP contribution is 2.15. The lowest BCUT2D eigenvalue weighted by molar-refractivity contribution is -0.129. The summed E-state index contributed by atoms with van der Waals surface area (Å²) in [7, 11) is 0. The molecule has 1 atom stereocenters. The molecule has 0 spiro atoms. The first-order chi connectivity index (χ1) is 30.0. The van der Waals surface area contributed by atoms with Crippen LogP contribution in [0.1, 0.15) is 244 Å². The van der Waals surface area contributed by atoms with Crippen molar-refractivity contribution in [2.24, 2.45) is 0 Å². The molecule has 0 aromatic heterocycles. The van der Waals surface area contributed by atoms with Gasteiger partial charge in [0.1, 0.15) is 12.6 Å². The normalized spacial score (nSPS) is 11.6. The van der Waals surface area contributed by atoms with Gasteiger partial charge in [0.2, 0.25) is 17.7 Å². The summed E-state index contributed by atoms with van der Waals surface area (Å²) in [5.41, 5.74) is 0.873. The summed E-state index contributed by atoms with van der Waals surface area (Å²) in [5, 5.41) is 11.4. The van der Waals surface area contributed by atoms with Gasteiger partial charge in [0.15, 0.2) is 0 Å². The van der Waals surface area contributed by atoms with Crippen LogP contribution in [0.25, 0.3) is 0 Å². The third-order valence-corrected chi connectivity index (χ3v) is 11.8. The molecule has 9 nitrogen and oxygen atoms in total. The zero-order valence-corrected chi connectivity index (χ0v) is 39.6. The maximum absolute atomic E-state index is 13.2. The number of benzene rings is 1. The Morgan fingerprint density at radius 1 is 0.443 bits per heavy atom. The Morgan fingerprint density at radius 3 is 1.26 bits per heavy atom. The van der Waals surface area contributed by atoms with Gasteiger partial charge in [-0.05, 0) is 24.8 Å². The van der Waals surface area contributed by atoms with E-state index in [1.54, 1.807) is 0 Å². The lowest BCUT2D eigenvalue weighted by Crippen LogP contribution is -2.48. The Bertz CT molecular complexity index is 1170. The first kappa shape index (κ1) is 55.9. The van der Waals surface area contributed by atoms with Crippen molar-refractivity contribution in [3.05, 3.63) is 35.9 Å². The zero-order chi connectivity index (χ0) is 44.1. The molecule has 0 saturated heterocycles. The Kier molecular flexibility index (Phi) is 39.9. The molecule has 0 fully saturated rings. The van der Waals surface area contributed by atoms with E-state index in [1.807, 2.05) is 30.3 Å². The molecule has 4 amide bonds. The molecular formula is C52H94N4O5. The van der Waals surface area contributed by atoms with E-state index >= 15 is 0 Å². The maximum Gasteiger partial charge on any atom is 0.407 e. The summed E-state index contributed by atoms with van der Waals surface area (Å²) in [6.07, 6.45) is 41.4. The van der Waals surface area contributed by atoms with Gasteiger partial charge in [-0.3, -0.25) is 14.4 Å². The standard InChI is InChI=1S/C52H94N4O5/c1-3-5-7-9-11-13-15-17-19-21-23-25-27-29-31-36-43-53-49(57)41-40-48(56-50(58)42-45-55-52(60)61-46-47-38-34-33-35-39-47)51(59)54-44-37-32-30-28-26-24-22-20-18-16-14-12-10-8-6-4-2/h33-35,38-39,48H,3-32,36-37,40-46H2,1-2H3,(H,53,57)(H,54,59)(H,55,60)(H,56,58). The number of carbonyl (C=O) groups is 4. The fourth-order valence-corrected chi connectivity index (χ4v) is 7.86. The van der Waals surface area contributed by atoms with E-state index in [4.69, 9.17) is 4.74 Å². The van der Waals surface area contributed by atoms with E-state index in [2.05, 4.69) is 35.1 Å². The highest BCUT2D eigenvalue weighted by Gasteiger charge is 2.21. The summed E-state index contributed by atoms with van der Waals surface area (Å²) in [5.74, 6) is -0.733. The largest absolute Gasteiger partial charge is 0.445 e. The van der Waals surface area contributed by atoms with Gasteiger partial charge in [-0.25, -0.2) is 4.79 Å². The van der Waals surface area contributed by atoms with Gasteiger partial charge in [-0.2, -0.15) is 0 Å². The summed E-state index contributed by atoms with van der Waals surface area (Å²) in [6, 6.07) is 8.56. The number of carbonyl (C=O) groups excluding carboxylic acids is 4. The van der Waals surface area contributed by atoms with E-state index in [1.165, 1.54) is 173 Å². The summed E-state index contributed by atoms with van der Waals surface area (Å²) in [6.45, 7) is 5.94. The maximum atomic E-state index is 13.2. The van der Waals surface area contributed by atoms with Crippen molar-refractivity contribution in [2.75, 3.05) is 19.6 Å². The molecule has 0 aliphatic carbocycles. The summed E-state index contributed by atoms with van der Waals surface area (Å²) < 4.78 is 5.23. The first-order valence-corrected chi connectivity index (χ1v) is 25.7. The van der Waals surface area contributed by atoms with E-state index in [0.29, 0.717) is 13.1 Å². The van der Waals surface area contributed by atoms with Crippen LogP contribution >= 0.6 is 0 Å². The SMILES string of the molecule is CCCCCCCCCCCCCCCCCCNC(=O)CCC(NC(=O)CCNC(=O)OCc1ccccc1)C(=O)NCCCCCCCCCCCCCCCCCC. The fraction of sp³-hybridized carbons (Fsp3) is 0.808. The molecule has 9 heteroatoms. The van der Waals surface area contributed by atoms with Crippen molar-refractivity contribution in [1.82, 2.24) is 21.3 Å². The smallest absolute Gasteiger partial charge is 0.407 e. The Labute approximate surface area is 374 Å². The lowest BCUT2D eigenvalue weighted by Gasteiger charge is -2.19. The van der Waals surface area contributed by atoms with Crippen LogP contribution in [0.5, 0.6) is 0 Å². The number of alkyl carbamates (subject to hydrolysis) is 1. The van der Waals surface area contributed by atoms with Crippen LogP contribution in [0.2, 0.25) is 0 Å². The van der Waals surface area contributed by atoms with Gasteiger partial charge in [-0.1, -0.05) is 237 Å². The molecule has 61 heavy (non-hydrogen) atoms. The number of ether oxygens (including phenoxy) is 1. The van der Waals surface area contributed by atoms with Crippen molar-refractivity contribution in [3.8, 4) is 0 Å². The molecular weight excluding hydrogens is 761 g/mol. The molecule has 1 unspecified atom stereocenters. The second kappa shape index (κ2) is 43.5. The minimum absolute atomic E-state index is 0.00517. The molecule has 1 aromatic carbocycles. The van der Waals surface area contributed by atoms with Crippen molar-refractivity contribution >= 4 is 23.8 Å². The van der Waals surface area contributed by atoms with Crippen LogP contribution in [-0.2, 0) is 25.7 Å². The molecule has 0 saturated carbocycles. The lowest BCUT2D eigenvalue weighted by atomic mass is 10.0. The summed E-state index contributed by atoms with van der Waals surface area (Å²) in [4.78, 5) is 51.0. The topological polar surface area (TPSA) is 126 Å². The molecule has 0 aliphatic heterocycles. The van der Waals surface area contributed by atoms with E-state index in [9.17, 15) is 19.2 Å². The minimum atomic E-state index is -0.820. The highest BCUT2D eigenvalue weighted by molar-refractivity contribution is 5.88. The molecule has 1 rings (SSSR count). The van der Waals surface area contributed by atoms with Crippen molar-refractivity contribution in [2.45, 2.75) is 251 Å². The fourth-order valence-electron chi connectivity index (χ4n) is 7.86. The van der Waals surface area contributed by atoms with Crippen LogP contribution in [-0.4, -0.2) is 49.5 Å². The zero-order valence-electron chi connectivity index (χ0n) is 39.6. The predicted octanol–water partition coefficient (Wildman–Crippen LogP) is 13.3. The first-order valence-electron chi connectivity index (χ1n) is 25.7. The predicted molar refractivity (Wildman–Crippen MR) is 256 cm³/mol. The average molecular weight is 855 g/mol. The third-order valence-electron chi connectivity index (χ3n) is 11.8. The monoisotopic (exact) mass is 855 g/mol. The molecule has 4 N–H and O–H groups in total. The molecule has 0 radical (unpaired) electrons. The Balaban J connectivity index is 2.27. The molecule has 352 valence electrons. The molecule has 0 aliphatic rings. The van der Waals surface area contributed by atoms with E-state index in [0.717, 1.165) is 37.7 Å². The Morgan fingerprint density at radius 2 is 0.836 bits per heavy atom. The minimum Gasteiger partial charge on any atom is -0.445 e. The van der Waals surface area contributed by atoms with Crippen LogP contribution in [0.15, 0.2) is 30.3 Å². The number of hydrogen-bond acceptors (Lipinski definition) is 5. The van der Waals surface area contributed by atoms with Gasteiger partial charge >= 0.3 is 6.09 Å². The van der Waals surface area contributed by atoms with Gasteiger partial charge < -0.3 is 26.0 Å². The van der Waals surface area contributed by atoms with Crippen LogP contribution in [0, 0.1) is 0 Å². The van der Waals surface area contributed by atoms with Crippen molar-refractivity contribution in [1.29, 1.82) is 0 Å². The van der Waals surface area contributed by atoms with Gasteiger partial charge in [0.25, 0.3) is 0 Å². The van der Waals surface area contributed by atoms with E-state index in [-0.39, 0.29) is 50.1 Å². The summed E-state index contributed by atoms with van der Waals surface area (Å²) >= 11 is 0. The van der Waals surface area contributed by atoms with Crippen LogP contribution < -0.4 is 21.3 Å². The van der Waals surface area contributed by atoms with Gasteiger partial charge in [-0.15, -0.1) is 0 Å². The van der Waals surface area contributed by atoms with Crippen molar-refractivity contribution < 1.29 is 23.9 Å². The van der Waals surface area contributed by atoms with Gasteiger partial charge in [0.05, 0.1) is 0 Å². The molecule has 1 aromatic rings. The number of hydrogen-bond donors (Lipinski definition) is 4. The number of amides is 4. The van der Waals surface area contributed by atoms with Crippen molar-refractivity contribution in [3.63, 3.8) is 0 Å². The van der Waals surface area contributed by atoms with E-state index < -0.39 is 12.1 Å². The average Bonchev–Trinajstić information content (AvgIpc) is 3.26. The third kappa shape index (κ3) is 38.3.